The van der Waals surface area contributed by atoms with E-state index in [0.717, 1.165) is 0 Å². The molecular weight excluding hydrogens is 260 g/mol. The Bertz CT molecular complexity index is 380. The summed E-state index contributed by atoms with van der Waals surface area (Å²) in [6, 6.07) is 0. The van der Waals surface area contributed by atoms with Crippen molar-refractivity contribution in [2.45, 2.75) is 75.3 Å². The maximum Gasteiger partial charge on any atom is 0.122 e. The van der Waals surface area contributed by atoms with Crippen molar-refractivity contribution >= 4 is 0 Å². The molecule has 0 aromatic rings. The molecule has 0 aromatic heterocycles. The fourth-order valence-electron chi connectivity index (χ4n) is 4.19. The van der Waals surface area contributed by atoms with E-state index in [1.54, 1.807) is 13.8 Å². The van der Waals surface area contributed by atoms with Crippen LogP contribution in [0.15, 0.2) is 0 Å². The van der Waals surface area contributed by atoms with Crippen LogP contribution in [0.4, 0.5) is 0 Å². The quantitative estimate of drug-likeness (QED) is 0.499. The Morgan fingerprint density at radius 2 is 1.75 bits per heavy atom. The minimum absolute atomic E-state index is 0.158. The molecule has 0 radical (unpaired) electrons. The van der Waals surface area contributed by atoms with Gasteiger partial charge in [0.05, 0.1) is 23.4 Å². The Labute approximate surface area is 120 Å². The Balaban J connectivity index is 2.43. The summed E-state index contributed by atoms with van der Waals surface area (Å²) in [4.78, 5) is 0. The molecule has 5 nitrogen and oxygen atoms in total. The number of hydrogen-bond donors (Lipinski definition) is 5. The summed E-state index contributed by atoms with van der Waals surface area (Å²) in [7, 11) is 0. The van der Waals surface area contributed by atoms with Crippen LogP contribution in [0.25, 0.3) is 0 Å². The average molecular weight is 288 g/mol. The van der Waals surface area contributed by atoms with Gasteiger partial charge in [0, 0.05) is 0 Å². The van der Waals surface area contributed by atoms with Gasteiger partial charge in [0.2, 0.25) is 0 Å². The molecular formula is C15H28O5. The van der Waals surface area contributed by atoms with Gasteiger partial charge in [-0.05, 0) is 57.8 Å². The van der Waals surface area contributed by atoms with Gasteiger partial charge in [-0.1, -0.05) is 6.92 Å². The predicted molar refractivity (Wildman–Crippen MR) is 74.0 cm³/mol. The van der Waals surface area contributed by atoms with Crippen LogP contribution in [-0.4, -0.2) is 54.5 Å². The highest BCUT2D eigenvalue weighted by Crippen LogP contribution is 2.56. The third-order valence-corrected chi connectivity index (χ3v) is 6.10. The molecule has 2 aliphatic carbocycles. The standard InChI is InChI=1S/C15H28O5/c1-10-4-7-15(20)13(3,18)6-5-11(8-14(10,15)19)12(2,17)9-16/h10-11,16-20H,4-9H2,1-3H3. The minimum Gasteiger partial charge on any atom is -0.393 e. The Morgan fingerprint density at radius 3 is 2.30 bits per heavy atom. The van der Waals surface area contributed by atoms with Gasteiger partial charge >= 0.3 is 0 Å². The van der Waals surface area contributed by atoms with Crippen LogP contribution in [0.1, 0.15) is 52.9 Å². The fourth-order valence-corrected chi connectivity index (χ4v) is 4.19. The summed E-state index contributed by atoms with van der Waals surface area (Å²) in [5, 5.41) is 52.4. The van der Waals surface area contributed by atoms with Gasteiger partial charge < -0.3 is 25.5 Å². The second-order valence-electron chi connectivity index (χ2n) is 7.45. The van der Waals surface area contributed by atoms with Gasteiger partial charge in [-0.2, -0.15) is 0 Å². The van der Waals surface area contributed by atoms with Gasteiger partial charge in [-0.25, -0.2) is 0 Å². The lowest BCUT2D eigenvalue weighted by atomic mass is 9.69. The van der Waals surface area contributed by atoms with Crippen molar-refractivity contribution in [1.29, 1.82) is 0 Å². The van der Waals surface area contributed by atoms with Gasteiger partial charge in [0.15, 0.2) is 0 Å². The highest BCUT2D eigenvalue weighted by atomic mass is 16.4. The van der Waals surface area contributed by atoms with Gasteiger partial charge in [0.25, 0.3) is 0 Å². The smallest absolute Gasteiger partial charge is 0.122 e. The number of rotatable bonds is 2. The van der Waals surface area contributed by atoms with Crippen LogP contribution in [-0.2, 0) is 0 Å². The van der Waals surface area contributed by atoms with E-state index in [9.17, 15) is 25.5 Å². The van der Waals surface area contributed by atoms with E-state index >= 15 is 0 Å². The highest BCUT2D eigenvalue weighted by molar-refractivity contribution is 5.18. The van der Waals surface area contributed by atoms with Crippen molar-refractivity contribution in [3.8, 4) is 0 Å². The van der Waals surface area contributed by atoms with Crippen LogP contribution in [0.5, 0.6) is 0 Å². The molecule has 0 heterocycles. The summed E-state index contributed by atoms with van der Waals surface area (Å²) in [6.07, 6.45) is 1.93. The number of hydrogen-bond acceptors (Lipinski definition) is 5. The molecule has 0 amide bonds. The largest absolute Gasteiger partial charge is 0.393 e. The maximum atomic E-state index is 11.1. The third kappa shape index (κ3) is 2.03. The monoisotopic (exact) mass is 288 g/mol. The second kappa shape index (κ2) is 4.65. The summed E-state index contributed by atoms with van der Waals surface area (Å²) >= 11 is 0. The topological polar surface area (TPSA) is 101 Å². The van der Waals surface area contributed by atoms with Gasteiger partial charge in [-0.3, -0.25) is 0 Å². The zero-order valence-corrected chi connectivity index (χ0v) is 12.6. The number of aliphatic hydroxyl groups excluding tert-OH is 1. The van der Waals surface area contributed by atoms with Crippen molar-refractivity contribution in [3.05, 3.63) is 0 Å². The second-order valence-corrected chi connectivity index (χ2v) is 7.45. The lowest BCUT2D eigenvalue weighted by Gasteiger charge is -2.48. The first-order valence-corrected chi connectivity index (χ1v) is 7.50. The average Bonchev–Trinajstić information content (AvgIpc) is 2.55. The molecule has 2 fully saturated rings. The first-order valence-electron chi connectivity index (χ1n) is 7.50. The highest BCUT2D eigenvalue weighted by Gasteiger charge is 2.67. The first kappa shape index (κ1) is 16.2. The maximum absolute atomic E-state index is 11.1. The van der Waals surface area contributed by atoms with Crippen molar-refractivity contribution in [3.63, 3.8) is 0 Å². The molecule has 0 bridgehead atoms. The molecule has 0 spiro atoms. The summed E-state index contributed by atoms with van der Waals surface area (Å²) < 4.78 is 0. The molecule has 5 N–H and O–H groups in total. The zero-order valence-electron chi connectivity index (χ0n) is 12.6. The Morgan fingerprint density at radius 1 is 1.15 bits per heavy atom. The first-order chi connectivity index (χ1) is 9.00. The van der Waals surface area contributed by atoms with E-state index in [1.807, 2.05) is 6.92 Å². The van der Waals surface area contributed by atoms with E-state index in [2.05, 4.69) is 0 Å². The molecule has 118 valence electrons. The van der Waals surface area contributed by atoms with Crippen LogP contribution >= 0.6 is 0 Å². The summed E-state index contributed by atoms with van der Waals surface area (Å²) in [5.41, 5.74) is -5.71. The van der Waals surface area contributed by atoms with E-state index < -0.39 is 29.0 Å². The molecule has 0 aliphatic heterocycles. The molecule has 6 atom stereocenters. The third-order valence-electron chi connectivity index (χ3n) is 6.10. The predicted octanol–water partition coefficient (Wildman–Crippen LogP) is 0.173. The SMILES string of the molecule is CC1CCC2(O)C(C)(O)CCC(C(C)(O)CO)CC12O. The molecule has 0 aromatic carbocycles. The molecule has 0 saturated heterocycles. The summed E-state index contributed by atoms with van der Waals surface area (Å²) in [6.45, 7) is 4.57. The van der Waals surface area contributed by atoms with E-state index in [4.69, 9.17) is 0 Å². The molecule has 20 heavy (non-hydrogen) atoms. The van der Waals surface area contributed by atoms with E-state index in [0.29, 0.717) is 25.7 Å². The van der Waals surface area contributed by atoms with Crippen molar-refractivity contribution < 1.29 is 25.5 Å². The molecule has 6 unspecified atom stereocenters. The fraction of sp³-hybridized carbons (Fsp3) is 1.00. The van der Waals surface area contributed by atoms with Crippen LogP contribution < -0.4 is 0 Å². The summed E-state index contributed by atoms with van der Waals surface area (Å²) in [5.74, 6) is -0.521. The lowest BCUT2D eigenvalue weighted by Crippen LogP contribution is -2.64. The van der Waals surface area contributed by atoms with E-state index in [1.165, 1.54) is 0 Å². The van der Waals surface area contributed by atoms with Crippen LogP contribution in [0.2, 0.25) is 0 Å². The molecule has 2 saturated carbocycles. The zero-order chi connectivity index (χ0) is 15.4. The van der Waals surface area contributed by atoms with Gasteiger partial charge in [0.1, 0.15) is 5.60 Å². The Kier molecular flexibility index (Phi) is 3.76. The molecule has 2 aliphatic rings. The lowest BCUT2D eigenvalue weighted by molar-refractivity contribution is -0.235. The minimum atomic E-state index is -1.56. The normalized spacial score (nSPS) is 52.2. The number of fused-ring (bicyclic) bond motifs is 1. The van der Waals surface area contributed by atoms with Gasteiger partial charge in [-0.15, -0.1) is 0 Å². The van der Waals surface area contributed by atoms with E-state index in [-0.39, 0.29) is 18.3 Å². The Hall–Kier alpha value is -0.200. The molecule has 5 heteroatoms. The van der Waals surface area contributed by atoms with Crippen molar-refractivity contribution in [2.75, 3.05) is 6.61 Å². The van der Waals surface area contributed by atoms with Crippen LogP contribution in [0.3, 0.4) is 0 Å². The van der Waals surface area contributed by atoms with Crippen molar-refractivity contribution in [1.82, 2.24) is 0 Å². The van der Waals surface area contributed by atoms with Crippen LogP contribution in [0, 0.1) is 11.8 Å². The van der Waals surface area contributed by atoms with Crippen molar-refractivity contribution in [2.24, 2.45) is 11.8 Å². The number of aliphatic hydroxyl groups is 5. The molecule has 2 rings (SSSR count).